The summed E-state index contributed by atoms with van der Waals surface area (Å²) in [6.45, 7) is 6.61. The molecule has 3 nitrogen and oxygen atoms in total. The van der Waals surface area contributed by atoms with E-state index in [9.17, 15) is 0 Å². The van der Waals surface area contributed by atoms with Gasteiger partial charge in [0.25, 0.3) is 0 Å². The number of nitrogens with one attached hydrogen (secondary N) is 1. The van der Waals surface area contributed by atoms with E-state index in [-0.39, 0.29) is 0 Å². The van der Waals surface area contributed by atoms with Crippen LogP contribution in [-0.4, -0.2) is 16.6 Å². The van der Waals surface area contributed by atoms with Crippen LogP contribution in [0.15, 0.2) is 0 Å². The van der Waals surface area contributed by atoms with Crippen molar-refractivity contribution in [3.63, 3.8) is 0 Å². The van der Waals surface area contributed by atoms with E-state index in [1.54, 1.807) is 0 Å². The second kappa shape index (κ2) is 7.77. The van der Waals surface area contributed by atoms with Gasteiger partial charge in [0, 0.05) is 6.04 Å². The first-order valence-electron chi connectivity index (χ1n) is 6.68. The first kappa shape index (κ1) is 14.6. The molecule has 0 aliphatic heterocycles. The number of hydrogen-bond acceptors (Lipinski definition) is 4. The summed E-state index contributed by atoms with van der Waals surface area (Å²) in [6, 6.07) is 0.428. The number of nitrogens with zero attached hydrogens (tertiary/aromatic N) is 2. The molecule has 4 heteroatoms. The zero-order valence-corrected chi connectivity index (χ0v) is 12.3. The molecule has 0 aliphatic rings. The Hall–Kier alpha value is -0.480. The number of aryl methyl sites for hydroxylation is 1. The zero-order valence-electron chi connectivity index (χ0n) is 11.5. The third-order valence-corrected chi connectivity index (χ3v) is 4.40. The van der Waals surface area contributed by atoms with Gasteiger partial charge in [-0.25, -0.2) is 0 Å². The van der Waals surface area contributed by atoms with Gasteiger partial charge in [-0.15, -0.1) is 5.10 Å². The van der Waals surface area contributed by atoms with Crippen LogP contribution in [0.1, 0.15) is 62.6 Å². The van der Waals surface area contributed by atoms with E-state index in [1.165, 1.54) is 48.5 Å². The molecule has 0 saturated heterocycles. The van der Waals surface area contributed by atoms with Gasteiger partial charge in [0.05, 0.1) is 10.6 Å². The van der Waals surface area contributed by atoms with Crippen molar-refractivity contribution in [2.45, 2.75) is 58.9 Å². The second-order valence-corrected chi connectivity index (χ2v) is 5.50. The summed E-state index contributed by atoms with van der Waals surface area (Å²) in [6.07, 6.45) is 6.45. The third-order valence-electron chi connectivity index (χ3n) is 3.46. The van der Waals surface area contributed by atoms with E-state index in [2.05, 4.69) is 35.7 Å². The molecule has 98 valence electrons. The molecule has 1 aromatic rings. The molecule has 2 atom stereocenters. The van der Waals surface area contributed by atoms with E-state index in [0.29, 0.717) is 6.04 Å². The highest BCUT2D eigenvalue weighted by Crippen LogP contribution is 2.29. The van der Waals surface area contributed by atoms with Crippen LogP contribution in [0.5, 0.6) is 0 Å². The van der Waals surface area contributed by atoms with E-state index >= 15 is 0 Å². The molecule has 1 N–H and O–H groups in total. The Morgan fingerprint density at radius 3 is 2.59 bits per heavy atom. The lowest BCUT2D eigenvalue weighted by molar-refractivity contribution is 0.366. The van der Waals surface area contributed by atoms with Crippen molar-refractivity contribution in [2.24, 2.45) is 5.92 Å². The van der Waals surface area contributed by atoms with Gasteiger partial charge < -0.3 is 5.32 Å². The van der Waals surface area contributed by atoms with E-state index in [0.717, 1.165) is 11.6 Å². The fraction of sp³-hybridized carbons (Fsp3) is 0.846. The van der Waals surface area contributed by atoms with Crippen LogP contribution in [0.25, 0.3) is 0 Å². The topological polar surface area (TPSA) is 37.8 Å². The molecule has 1 aromatic heterocycles. The maximum absolute atomic E-state index is 4.11. The fourth-order valence-corrected chi connectivity index (χ4v) is 2.99. The van der Waals surface area contributed by atoms with E-state index < -0.39 is 0 Å². The lowest BCUT2D eigenvalue weighted by atomic mass is 9.91. The van der Waals surface area contributed by atoms with Crippen molar-refractivity contribution in [2.75, 3.05) is 7.05 Å². The van der Waals surface area contributed by atoms with Gasteiger partial charge in [0.1, 0.15) is 0 Å². The minimum Gasteiger partial charge on any atom is -0.312 e. The summed E-state index contributed by atoms with van der Waals surface area (Å²) in [5.41, 5.74) is 1.08. The van der Waals surface area contributed by atoms with Gasteiger partial charge in [-0.3, -0.25) is 0 Å². The molecule has 1 rings (SSSR count). The normalized spacial score (nSPS) is 14.8. The monoisotopic (exact) mass is 255 g/mol. The predicted molar refractivity (Wildman–Crippen MR) is 74.4 cm³/mol. The molecule has 0 bridgehead atoms. The van der Waals surface area contributed by atoms with Crippen LogP contribution < -0.4 is 5.32 Å². The highest BCUT2D eigenvalue weighted by atomic mass is 32.1. The SMILES string of the molecule is CCCCC(CC)CC(NC)c1snnc1C. The predicted octanol–water partition coefficient (Wildman–Crippen LogP) is 3.71. The van der Waals surface area contributed by atoms with Gasteiger partial charge in [-0.2, -0.15) is 0 Å². The summed E-state index contributed by atoms with van der Waals surface area (Å²) >= 11 is 1.53. The van der Waals surface area contributed by atoms with Crippen molar-refractivity contribution in [3.8, 4) is 0 Å². The van der Waals surface area contributed by atoms with Crippen molar-refractivity contribution in [1.82, 2.24) is 14.9 Å². The van der Waals surface area contributed by atoms with Gasteiger partial charge >= 0.3 is 0 Å². The molecule has 0 saturated carbocycles. The third kappa shape index (κ3) is 4.36. The first-order valence-corrected chi connectivity index (χ1v) is 7.46. The first-order chi connectivity index (χ1) is 8.22. The number of hydrogen-bond donors (Lipinski definition) is 1. The Labute approximate surface area is 109 Å². The van der Waals surface area contributed by atoms with Crippen molar-refractivity contribution >= 4 is 11.5 Å². The number of unbranched alkanes of at least 4 members (excludes halogenated alkanes) is 1. The van der Waals surface area contributed by atoms with Crippen LogP contribution in [0.3, 0.4) is 0 Å². The summed E-state index contributed by atoms with van der Waals surface area (Å²) in [7, 11) is 2.04. The maximum atomic E-state index is 4.11. The average Bonchev–Trinajstić information content (AvgIpc) is 2.76. The summed E-state index contributed by atoms with van der Waals surface area (Å²) in [5, 5.41) is 7.53. The van der Waals surface area contributed by atoms with Gasteiger partial charge in [-0.1, -0.05) is 44.0 Å². The largest absolute Gasteiger partial charge is 0.312 e. The minimum absolute atomic E-state index is 0.428. The molecule has 0 radical (unpaired) electrons. The number of aromatic nitrogens is 2. The molecule has 1 heterocycles. The molecular weight excluding hydrogens is 230 g/mol. The molecule has 2 unspecified atom stereocenters. The molecule has 0 amide bonds. The molecule has 0 fully saturated rings. The fourth-order valence-electron chi connectivity index (χ4n) is 2.23. The quantitative estimate of drug-likeness (QED) is 0.769. The lowest BCUT2D eigenvalue weighted by Crippen LogP contribution is -2.19. The van der Waals surface area contributed by atoms with Crippen LogP contribution in [0.4, 0.5) is 0 Å². The van der Waals surface area contributed by atoms with Crippen molar-refractivity contribution < 1.29 is 0 Å². The lowest BCUT2D eigenvalue weighted by Gasteiger charge is -2.21. The van der Waals surface area contributed by atoms with Crippen LogP contribution in [-0.2, 0) is 0 Å². The second-order valence-electron chi connectivity index (χ2n) is 4.72. The Bertz CT molecular complexity index is 311. The smallest absolute Gasteiger partial charge is 0.0772 e. The van der Waals surface area contributed by atoms with Gasteiger partial charge in [0.2, 0.25) is 0 Å². The Morgan fingerprint density at radius 1 is 1.35 bits per heavy atom. The molecule has 0 aliphatic carbocycles. The molecule has 17 heavy (non-hydrogen) atoms. The maximum Gasteiger partial charge on any atom is 0.0772 e. The molecular formula is C13H25N3S. The van der Waals surface area contributed by atoms with Gasteiger partial charge in [-0.05, 0) is 37.8 Å². The van der Waals surface area contributed by atoms with Gasteiger partial charge in [0.15, 0.2) is 0 Å². The standard InChI is InChI=1S/C13H25N3S/c1-5-7-8-11(6-2)9-12(14-4)13-10(3)15-16-17-13/h11-12,14H,5-9H2,1-4H3. The minimum atomic E-state index is 0.428. The Morgan fingerprint density at radius 2 is 2.12 bits per heavy atom. The highest BCUT2D eigenvalue weighted by molar-refractivity contribution is 7.05. The summed E-state index contributed by atoms with van der Waals surface area (Å²) < 4.78 is 4.04. The Balaban J connectivity index is 2.59. The molecule has 0 aromatic carbocycles. The van der Waals surface area contributed by atoms with Crippen LogP contribution in [0.2, 0.25) is 0 Å². The van der Waals surface area contributed by atoms with E-state index in [4.69, 9.17) is 0 Å². The average molecular weight is 255 g/mol. The highest BCUT2D eigenvalue weighted by Gasteiger charge is 2.19. The zero-order chi connectivity index (χ0) is 12.7. The Kier molecular flexibility index (Phi) is 6.66. The number of rotatable bonds is 8. The van der Waals surface area contributed by atoms with Crippen LogP contribution >= 0.6 is 11.5 Å². The summed E-state index contributed by atoms with van der Waals surface area (Å²) in [4.78, 5) is 1.31. The summed E-state index contributed by atoms with van der Waals surface area (Å²) in [5.74, 6) is 0.814. The molecule has 0 spiro atoms. The van der Waals surface area contributed by atoms with Crippen molar-refractivity contribution in [1.29, 1.82) is 0 Å². The van der Waals surface area contributed by atoms with Crippen LogP contribution in [0, 0.1) is 12.8 Å². The van der Waals surface area contributed by atoms with E-state index in [1.807, 2.05) is 7.05 Å². The van der Waals surface area contributed by atoms with Crippen molar-refractivity contribution in [3.05, 3.63) is 10.6 Å².